The first-order valence-corrected chi connectivity index (χ1v) is 12.4. The number of carbonyl (C=O) groups is 1. The molecule has 1 amide bonds. The van der Waals surface area contributed by atoms with Gasteiger partial charge in [0.05, 0.1) is 17.1 Å². The standard InChI is InChI=1S/C26H27FN6OS/c1-16-5-8-22(15-17(16)2)33-19(4)23(29-30-33)25-28-18(3)24(35-25)26(34)32-13-11-31(12-14-32)21-9-6-20(27)7-10-21/h5-10,15H,11-14H2,1-4H3. The number of hydrogen-bond donors (Lipinski definition) is 0. The summed E-state index contributed by atoms with van der Waals surface area (Å²) in [6.45, 7) is 10.6. The lowest BCUT2D eigenvalue weighted by molar-refractivity contribution is 0.0750. The summed E-state index contributed by atoms with van der Waals surface area (Å²) in [4.78, 5) is 22.7. The Morgan fingerprint density at radius 1 is 0.914 bits per heavy atom. The molecule has 4 aromatic rings. The van der Waals surface area contributed by atoms with E-state index >= 15 is 0 Å². The number of thiazole rings is 1. The molecule has 35 heavy (non-hydrogen) atoms. The molecular formula is C26H27FN6OS. The van der Waals surface area contributed by atoms with Gasteiger partial charge < -0.3 is 9.80 Å². The fourth-order valence-electron chi connectivity index (χ4n) is 4.29. The summed E-state index contributed by atoms with van der Waals surface area (Å²) >= 11 is 1.37. The average molecular weight is 491 g/mol. The predicted molar refractivity (Wildman–Crippen MR) is 136 cm³/mol. The number of piperazine rings is 1. The van der Waals surface area contributed by atoms with Crippen LogP contribution in [0.3, 0.4) is 0 Å². The number of anilines is 1. The Balaban J connectivity index is 1.33. The average Bonchev–Trinajstić information content (AvgIpc) is 3.43. The van der Waals surface area contributed by atoms with Crippen molar-refractivity contribution in [2.75, 3.05) is 31.1 Å². The molecule has 0 radical (unpaired) electrons. The maximum absolute atomic E-state index is 13.3. The molecule has 7 nitrogen and oxygen atoms in total. The fraction of sp³-hybridized carbons (Fsp3) is 0.308. The molecule has 3 heterocycles. The quantitative estimate of drug-likeness (QED) is 0.414. The molecule has 0 aliphatic carbocycles. The zero-order valence-corrected chi connectivity index (χ0v) is 21.1. The van der Waals surface area contributed by atoms with Crippen LogP contribution in [0.15, 0.2) is 42.5 Å². The number of amides is 1. The smallest absolute Gasteiger partial charge is 0.265 e. The third-order valence-corrected chi connectivity index (χ3v) is 7.73. The molecule has 180 valence electrons. The Bertz CT molecular complexity index is 1390. The number of rotatable bonds is 4. The van der Waals surface area contributed by atoms with Gasteiger partial charge in [-0.25, -0.2) is 14.1 Å². The van der Waals surface area contributed by atoms with Crippen molar-refractivity contribution in [3.8, 4) is 16.4 Å². The van der Waals surface area contributed by atoms with Crippen LogP contribution in [0.2, 0.25) is 0 Å². The highest BCUT2D eigenvalue weighted by molar-refractivity contribution is 7.17. The Hall–Kier alpha value is -3.59. The van der Waals surface area contributed by atoms with Crippen LogP contribution in [-0.4, -0.2) is 57.0 Å². The number of hydrogen-bond acceptors (Lipinski definition) is 6. The summed E-state index contributed by atoms with van der Waals surface area (Å²) in [6, 6.07) is 12.7. The topological polar surface area (TPSA) is 67.2 Å². The van der Waals surface area contributed by atoms with Gasteiger partial charge in [-0.2, -0.15) is 0 Å². The monoisotopic (exact) mass is 490 g/mol. The summed E-state index contributed by atoms with van der Waals surface area (Å²) in [5, 5.41) is 9.45. The van der Waals surface area contributed by atoms with Gasteiger partial charge in [0.25, 0.3) is 5.91 Å². The van der Waals surface area contributed by atoms with Crippen LogP contribution in [0.25, 0.3) is 16.4 Å². The van der Waals surface area contributed by atoms with Gasteiger partial charge in [-0.15, -0.1) is 16.4 Å². The minimum atomic E-state index is -0.247. The minimum Gasteiger partial charge on any atom is -0.368 e. The molecular weight excluding hydrogens is 463 g/mol. The van der Waals surface area contributed by atoms with E-state index in [0.717, 1.165) is 17.1 Å². The number of carbonyl (C=O) groups excluding carboxylic acids is 1. The van der Waals surface area contributed by atoms with Crippen LogP contribution < -0.4 is 4.90 Å². The molecule has 0 saturated carbocycles. The molecule has 9 heteroatoms. The van der Waals surface area contributed by atoms with Crippen molar-refractivity contribution in [1.82, 2.24) is 24.9 Å². The lowest BCUT2D eigenvalue weighted by Gasteiger charge is -2.36. The maximum atomic E-state index is 13.3. The van der Waals surface area contributed by atoms with Crippen molar-refractivity contribution in [3.63, 3.8) is 0 Å². The maximum Gasteiger partial charge on any atom is 0.265 e. The largest absolute Gasteiger partial charge is 0.368 e. The van der Waals surface area contributed by atoms with Gasteiger partial charge in [-0.3, -0.25) is 4.79 Å². The number of aromatic nitrogens is 4. The molecule has 0 spiro atoms. The highest BCUT2D eigenvalue weighted by Gasteiger charge is 2.27. The summed E-state index contributed by atoms with van der Waals surface area (Å²) in [7, 11) is 0. The molecule has 0 bridgehead atoms. The Morgan fingerprint density at radius 3 is 2.29 bits per heavy atom. The van der Waals surface area contributed by atoms with Crippen molar-refractivity contribution < 1.29 is 9.18 Å². The lowest BCUT2D eigenvalue weighted by atomic mass is 10.1. The van der Waals surface area contributed by atoms with Crippen LogP contribution in [0, 0.1) is 33.5 Å². The Morgan fingerprint density at radius 2 is 1.60 bits per heavy atom. The van der Waals surface area contributed by atoms with Gasteiger partial charge in [0.15, 0.2) is 0 Å². The van der Waals surface area contributed by atoms with Crippen molar-refractivity contribution in [1.29, 1.82) is 0 Å². The molecule has 2 aromatic heterocycles. The molecule has 0 unspecified atom stereocenters. The number of aryl methyl sites for hydroxylation is 3. The van der Waals surface area contributed by atoms with E-state index in [9.17, 15) is 9.18 Å². The highest BCUT2D eigenvalue weighted by Crippen LogP contribution is 2.31. The van der Waals surface area contributed by atoms with Crippen LogP contribution in [0.4, 0.5) is 10.1 Å². The van der Waals surface area contributed by atoms with Crippen molar-refractivity contribution in [2.45, 2.75) is 27.7 Å². The van der Waals surface area contributed by atoms with Crippen molar-refractivity contribution in [3.05, 3.63) is 75.7 Å². The summed E-state index contributed by atoms with van der Waals surface area (Å²) in [6.07, 6.45) is 0. The van der Waals surface area contributed by atoms with Crippen LogP contribution >= 0.6 is 11.3 Å². The third kappa shape index (κ3) is 4.43. The molecule has 1 fully saturated rings. The van der Waals surface area contributed by atoms with Gasteiger partial charge >= 0.3 is 0 Å². The normalized spacial score (nSPS) is 14.0. The van der Waals surface area contributed by atoms with Gasteiger partial charge in [-0.1, -0.05) is 11.3 Å². The van der Waals surface area contributed by atoms with E-state index in [0.29, 0.717) is 47.5 Å². The van der Waals surface area contributed by atoms with Gasteiger partial charge in [0.1, 0.15) is 21.4 Å². The first kappa shape index (κ1) is 23.2. The summed E-state index contributed by atoms with van der Waals surface area (Å²) in [5.41, 5.74) is 6.62. The second-order valence-corrected chi connectivity index (χ2v) is 9.89. The molecule has 1 aliphatic rings. The summed E-state index contributed by atoms with van der Waals surface area (Å²) < 4.78 is 15.0. The SMILES string of the molecule is Cc1ccc(-n2nnc(-c3nc(C)c(C(=O)N4CCN(c5ccc(F)cc5)CC4)s3)c2C)cc1C. The highest BCUT2D eigenvalue weighted by atomic mass is 32.1. The van der Waals surface area contributed by atoms with E-state index in [2.05, 4.69) is 46.2 Å². The van der Waals surface area contributed by atoms with Crippen LogP contribution in [0.1, 0.15) is 32.2 Å². The fourth-order valence-corrected chi connectivity index (χ4v) is 5.36. The van der Waals surface area contributed by atoms with E-state index in [4.69, 9.17) is 0 Å². The van der Waals surface area contributed by atoms with Crippen molar-refractivity contribution >= 4 is 22.9 Å². The minimum absolute atomic E-state index is 0.00999. The lowest BCUT2D eigenvalue weighted by Crippen LogP contribution is -2.48. The third-order valence-electron chi connectivity index (χ3n) is 6.58. The number of nitrogens with zero attached hydrogens (tertiary/aromatic N) is 6. The molecule has 1 aliphatic heterocycles. The molecule has 2 aromatic carbocycles. The van der Waals surface area contributed by atoms with E-state index in [1.165, 1.54) is 34.6 Å². The zero-order chi connectivity index (χ0) is 24.7. The van der Waals surface area contributed by atoms with Gasteiger partial charge in [0, 0.05) is 31.9 Å². The first-order chi connectivity index (χ1) is 16.8. The second kappa shape index (κ2) is 9.22. The number of halogens is 1. The zero-order valence-electron chi connectivity index (χ0n) is 20.2. The van der Waals surface area contributed by atoms with Crippen LogP contribution in [-0.2, 0) is 0 Å². The molecule has 0 atom stereocenters. The van der Waals surface area contributed by atoms with E-state index in [1.54, 1.807) is 12.1 Å². The van der Waals surface area contributed by atoms with E-state index < -0.39 is 0 Å². The van der Waals surface area contributed by atoms with E-state index in [-0.39, 0.29) is 11.7 Å². The number of benzene rings is 2. The Kier molecular flexibility index (Phi) is 6.10. The molecule has 1 saturated heterocycles. The second-order valence-electron chi connectivity index (χ2n) is 8.89. The molecule has 0 N–H and O–H groups in total. The Labute approximate surface area is 207 Å². The van der Waals surface area contributed by atoms with Gasteiger partial charge in [0.2, 0.25) is 0 Å². The van der Waals surface area contributed by atoms with E-state index in [1.807, 2.05) is 29.5 Å². The molecule has 5 rings (SSSR count). The van der Waals surface area contributed by atoms with Crippen molar-refractivity contribution in [2.24, 2.45) is 0 Å². The summed E-state index contributed by atoms with van der Waals surface area (Å²) in [5.74, 6) is -0.257. The predicted octanol–water partition coefficient (Wildman–Crippen LogP) is 4.73. The first-order valence-electron chi connectivity index (χ1n) is 11.6. The van der Waals surface area contributed by atoms with Gasteiger partial charge in [-0.05, 0) is 75.2 Å². The van der Waals surface area contributed by atoms with Crippen LogP contribution in [0.5, 0.6) is 0 Å².